The van der Waals surface area contributed by atoms with Gasteiger partial charge in [0.25, 0.3) is 11.8 Å². The topological polar surface area (TPSA) is 111 Å². The van der Waals surface area contributed by atoms with E-state index >= 15 is 0 Å². The van der Waals surface area contributed by atoms with Crippen LogP contribution in [0.1, 0.15) is 45.5 Å². The number of amides is 4. The number of hydrogen-bond acceptors (Lipinski definition) is 7. The molecule has 2 fully saturated rings. The predicted molar refractivity (Wildman–Crippen MR) is 127 cm³/mol. The molecule has 34 heavy (non-hydrogen) atoms. The lowest BCUT2D eigenvalue weighted by atomic mass is 10.0. The molecule has 5 rings (SSSR count). The molecule has 3 aliphatic rings. The highest BCUT2D eigenvalue weighted by molar-refractivity contribution is 6.24. The van der Waals surface area contributed by atoms with Gasteiger partial charge in [-0.1, -0.05) is 12.1 Å². The molecule has 1 unspecified atom stereocenters. The third-order valence-corrected chi connectivity index (χ3v) is 6.61. The van der Waals surface area contributed by atoms with E-state index in [4.69, 9.17) is 0 Å². The quantitative estimate of drug-likeness (QED) is 0.579. The van der Waals surface area contributed by atoms with E-state index in [1.54, 1.807) is 12.1 Å². The Bertz CT molecular complexity index is 1140. The first-order valence-corrected chi connectivity index (χ1v) is 11.7. The third kappa shape index (κ3) is 4.14. The summed E-state index contributed by atoms with van der Waals surface area (Å²) in [6.07, 6.45) is 1.35. The Morgan fingerprint density at radius 3 is 2.56 bits per heavy atom. The van der Waals surface area contributed by atoms with Gasteiger partial charge in [0.2, 0.25) is 11.8 Å². The van der Waals surface area contributed by atoms with Gasteiger partial charge in [-0.2, -0.15) is 0 Å². The number of nitrogens with zero attached hydrogens (tertiary/aromatic N) is 2. The zero-order chi connectivity index (χ0) is 23.7. The fourth-order valence-corrected chi connectivity index (χ4v) is 4.82. The second-order valence-corrected chi connectivity index (χ2v) is 8.78. The number of rotatable bonds is 5. The van der Waals surface area contributed by atoms with Gasteiger partial charge >= 0.3 is 0 Å². The molecule has 0 bridgehead atoms. The highest BCUT2D eigenvalue weighted by atomic mass is 16.2. The first kappa shape index (κ1) is 22.1. The summed E-state index contributed by atoms with van der Waals surface area (Å²) in [4.78, 5) is 53.3. The van der Waals surface area contributed by atoms with Gasteiger partial charge in [0, 0.05) is 44.0 Å². The Balaban J connectivity index is 1.30. The predicted octanol–water partition coefficient (Wildman–Crippen LogP) is 1.50. The Morgan fingerprint density at radius 1 is 0.941 bits per heavy atom. The second-order valence-electron chi connectivity index (χ2n) is 8.78. The van der Waals surface area contributed by atoms with Gasteiger partial charge in [-0.15, -0.1) is 0 Å². The van der Waals surface area contributed by atoms with Gasteiger partial charge in [0.1, 0.15) is 6.04 Å². The normalized spacial score (nSPS) is 20.8. The van der Waals surface area contributed by atoms with E-state index in [1.807, 2.05) is 18.2 Å². The Morgan fingerprint density at radius 2 is 1.76 bits per heavy atom. The van der Waals surface area contributed by atoms with Crippen LogP contribution in [0.15, 0.2) is 42.5 Å². The minimum absolute atomic E-state index is 0.0994. The Hall–Kier alpha value is -3.72. The first-order valence-electron chi connectivity index (χ1n) is 11.7. The average molecular weight is 462 g/mol. The number of piperidine rings is 1. The average Bonchev–Trinajstić information content (AvgIpc) is 3.02. The molecule has 3 aliphatic heterocycles. The number of carbonyl (C=O) groups is 4. The number of carbonyl (C=O) groups excluding carboxylic acids is 4. The van der Waals surface area contributed by atoms with Crippen molar-refractivity contribution in [1.29, 1.82) is 0 Å². The maximum absolute atomic E-state index is 13.2. The molecule has 0 spiro atoms. The standard InChI is InChI=1S/C25H27N5O4/c31-21-10-9-20(23(32)28-21)30-24(33)19-4-1-3-16(22(19)25(30)34)15-27-17-5-7-18(8-6-17)29-13-2-11-26-12-14-29/h1,3-8,20,26-27H,2,9-15H2,(H,28,31,32). The third-order valence-electron chi connectivity index (χ3n) is 6.61. The molecule has 176 valence electrons. The fourth-order valence-electron chi connectivity index (χ4n) is 4.82. The summed E-state index contributed by atoms with van der Waals surface area (Å²) in [6, 6.07) is 12.4. The van der Waals surface area contributed by atoms with E-state index in [2.05, 4.69) is 33.0 Å². The molecule has 2 saturated heterocycles. The van der Waals surface area contributed by atoms with Gasteiger partial charge < -0.3 is 15.5 Å². The molecule has 0 aromatic heterocycles. The molecule has 1 atom stereocenters. The van der Waals surface area contributed by atoms with Crippen LogP contribution in [0, 0.1) is 0 Å². The highest BCUT2D eigenvalue weighted by Crippen LogP contribution is 2.30. The first-order chi connectivity index (χ1) is 16.5. The van der Waals surface area contributed by atoms with Crippen LogP contribution in [-0.2, 0) is 16.1 Å². The maximum atomic E-state index is 13.2. The fraction of sp³-hybridized carbons (Fsp3) is 0.360. The lowest BCUT2D eigenvalue weighted by Crippen LogP contribution is -2.54. The molecule has 0 radical (unpaired) electrons. The Kier molecular flexibility index (Phi) is 6.02. The van der Waals surface area contributed by atoms with Gasteiger partial charge in [-0.3, -0.25) is 29.4 Å². The number of benzene rings is 2. The number of hydrogen-bond donors (Lipinski definition) is 3. The van der Waals surface area contributed by atoms with Crippen molar-refractivity contribution in [3.05, 3.63) is 59.2 Å². The summed E-state index contributed by atoms with van der Waals surface area (Å²) >= 11 is 0. The zero-order valence-electron chi connectivity index (χ0n) is 18.8. The van der Waals surface area contributed by atoms with Crippen LogP contribution < -0.4 is 20.9 Å². The lowest BCUT2D eigenvalue weighted by Gasteiger charge is -2.27. The summed E-state index contributed by atoms with van der Waals surface area (Å²) in [6.45, 7) is 4.37. The lowest BCUT2D eigenvalue weighted by molar-refractivity contribution is -0.136. The zero-order valence-corrected chi connectivity index (χ0v) is 18.8. The van der Waals surface area contributed by atoms with E-state index < -0.39 is 23.8 Å². The number of imide groups is 2. The van der Waals surface area contributed by atoms with Crippen LogP contribution in [0.25, 0.3) is 0 Å². The van der Waals surface area contributed by atoms with E-state index in [9.17, 15) is 19.2 Å². The molecule has 9 heteroatoms. The number of anilines is 2. The van der Waals surface area contributed by atoms with Crippen molar-refractivity contribution >= 4 is 35.0 Å². The second kappa shape index (κ2) is 9.26. The minimum Gasteiger partial charge on any atom is -0.381 e. The summed E-state index contributed by atoms with van der Waals surface area (Å²) in [5.74, 6) is -1.98. The van der Waals surface area contributed by atoms with Crippen LogP contribution >= 0.6 is 0 Å². The van der Waals surface area contributed by atoms with Crippen molar-refractivity contribution in [2.75, 3.05) is 36.4 Å². The highest BCUT2D eigenvalue weighted by Gasteiger charge is 2.45. The SMILES string of the molecule is O=C1CCC(N2C(=O)c3cccc(CNc4ccc(N5CCCNCC5)cc4)c3C2=O)C(=O)N1. The molecule has 4 amide bonds. The largest absolute Gasteiger partial charge is 0.381 e. The van der Waals surface area contributed by atoms with Gasteiger partial charge in [0.15, 0.2) is 0 Å². The molecule has 2 aromatic carbocycles. The van der Waals surface area contributed by atoms with Crippen LogP contribution in [0.2, 0.25) is 0 Å². The van der Waals surface area contributed by atoms with Gasteiger partial charge in [-0.05, 0) is 55.3 Å². The van der Waals surface area contributed by atoms with Gasteiger partial charge in [-0.25, -0.2) is 0 Å². The van der Waals surface area contributed by atoms with Crippen molar-refractivity contribution in [2.24, 2.45) is 0 Å². The summed E-state index contributed by atoms with van der Waals surface area (Å²) < 4.78 is 0. The summed E-state index contributed by atoms with van der Waals surface area (Å²) in [5.41, 5.74) is 3.38. The van der Waals surface area contributed by atoms with Crippen LogP contribution in [-0.4, -0.2) is 60.7 Å². The van der Waals surface area contributed by atoms with Crippen molar-refractivity contribution in [3.8, 4) is 0 Å². The monoisotopic (exact) mass is 461 g/mol. The number of fused-ring (bicyclic) bond motifs is 1. The minimum atomic E-state index is -0.965. The van der Waals surface area contributed by atoms with Crippen molar-refractivity contribution < 1.29 is 19.2 Å². The molecule has 3 N–H and O–H groups in total. The van der Waals surface area contributed by atoms with Crippen LogP contribution in [0.3, 0.4) is 0 Å². The van der Waals surface area contributed by atoms with E-state index in [-0.39, 0.29) is 18.7 Å². The molecule has 9 nitrogen and oxygen atoms in total. The molecular weight excluding hydrogens is 434 g/mol. The van der Waals surface area contributed by atoms with Crippen LogP contribution in [0.4, 0.5) is 11.4 Å². The Labute approximate surface area is 197 Å². The molecule has 0 saturated carbocycles. The molecular formula is C25H27N5O4. The molecule has 2 aromatic rings. The smallest absolute Gasteiger partial charge is 0.262 e. The maximum Gasteiger partial charge on any atom is 0.262 e. The van der Waals surface area contributed by atoms with Crippen molar-refractivity contribution in [3.63, 3.8) is 0 Å². The van der Waals surface area contributed by atoms with Crippen LogP contribution in [0.5, 0.6) is 0 Å². The summed E-state index contributed by atoms with van der Waals surface area (Å²) in [7, 11) is 0. The van der Waals surface area contributed by atoms with E-state index in [1.165, 1.54) is 5.69 Å². The van der Waals surface area contributed by atoms with Crippen molar-refractivity contribution in [1.82, 2.24) is 15.5 Å². The molecule has 3 heterocycles. The number of nitrogens with one attached hydrogen (secondary N) is 3. The van der Waals surface area contributed by atoms with Gasteiger partial charge in [0.05, 0.1) is 11.1 Å². The van der Waals surface area contributed by atoms with E-state index in [0.717, 1.165) is 43.2 Å². The summed E-state index contributed by atoms with van der Waals surface area (Å²) in [5, 5.41) is 8.97. The molecule has 0 aliphatic carbocycles. The van der Waals surface area contributed by atoms with E-state index in [0.29, 0.717) is 23.2 Å². The van der Waals surface area contributed by atoms with Crippen molar-refractivity contribution in [2.45, 2.75) is 31.8 Å².